The number of carboxylic acid groups (broad SMARTS) is 1. The number of nitrogens with two attached hydrogens (primary N) is 1. The highest BCUT2D eigenvalue weighted by atomic mass is 19.1. The molecule has 2 fully saturated rings. The largest absolute Gasteiger partial charge is 0.477 e. The Morgan fingerprint density at radius 3 is 2.35 bits per heavy atom. The van der Waals surface area contributed by atoms with E-state index in [-0.39, 0.29) is 46.3 Å². The van der Waals surface area contributed by atoms with Gasteiger partial charge in [-0.15, -0.1) is 0 Å². The number of nitrogens with one attached hydrogen (secondary N) is 2. The fourth-order valence-electron chi connectivity index (χ4n) is 5.06. The third-order valence-electron chi connectivity index (χ3n) is 7.28. The summed E-state index contributed by atoms with van der Waals surface area (Å²) in [5.41, 5.74) is 3.28. The highest BCUT2D eigenvalue weighted by Gasteiger charge is 2.57. The SMILES string of the molecule is C[C@H](N)C(=O)N[C@@H](C)C(=O)NC1[C@H]2CN(c3nc4c(cc3[18F])c(=O)c(C(=O)O)cn4-c3ccc(F)cc3F)C[C@@H]12. The molecule has 14 heteroatoms. The average Bonchev–Trinajstić information content (AvgIpc) is 3.31. The summed E-state index contributed by atoms with van der Waals surface area (Å²) in [5.74, 6) is -5.42. The van der Waals surface area contributed by atoms with Crippen molar-refractivity contribution in [3.8, 4) is 5.69 Å². The Balaban J connectivity index is 1.42. The number of carbonyl (C=O) groups is 3. The fraction of sp³-hybridized carbons (Fsp3) is 0.346. The summed E-state index contributed by atoms with van der Waals surface area (Å²) >= 11 is 0. The second-order valence-electron chi connectivity index (χ2n) is 10.1. The number of piperidine rings is 1. The number of carboxylic acids is 1. The van der Waals surface area contributed by atoms with E-state index in [1.54, 1.807) is 4.90 Å². The summed E-state index contributed by atoms with van der Waals surface area (Å²) in [7, 11) is 0. The number of aromatic carboxylic acids is 1. The van der Waals surface area contributed by atoms with Gasteiger partial charge in [-0.05, 0) is 32.0 Å². The molecule has 210 valence electrons. The van der Waals surface area contributed by atoms with Gasteiger partial charge in [0.2, 0.25) is 17.2 Å². The average molecular weight is 558 g/mol. The van der Waals surface area contributed by atoms with Gasteiger partial charge in [0.15, 0.2) is 17.3 Å². The molecule has 5 N–H and O–H groups in total. The number of rotatable bonds is 7. The van der Waals surface area contributed by atoms with Gasteiger partial charge < -0.3 is 26.4 Å². The topological polar surface area (TPSA) is 160 Å². The number of pyridine rings is 2. The van der Waals surface area contributed by atoms with Gasteiger partial charge in [0.25, 0.3) is 0 Å². The Labute approximate surface area is 224 Å². The molecule has 5 atom stereocenters. The van der Waals surface area contributed by atoms with E-state index in [2.05, 4.69) is 15.6 Å². The van der Waals surface area contributed by atoms with Crippen LogP contribution in [0.15, 0.2) is 35.3 Å². The molecule has 0 bridgehead atoms. The number of carbonyl (C=O) groups excluding carboxylic acids is 2. The molecule has 2 amide bonds. The van der Waals surface area contributed by atoms with Crippen molar-refractivity contribution in [2.75, 3.05) is 18.0 Å². The quantitative estimate of drug-likeness (QED) is 0.334. The molecule has 40 heavy (non-hydrogen) atoms. The fourth-order valence-corrected chi connectivity index (χ4v) is 5.06. The molecule has 3 aromatic rings. The van der Waals surface area contributed by atoms with Crippen molar-refractivity contribution in [2.24, 2.45) is 17.6 Å². The summed E-state index contributed by atoms with van der Waals surface area (Å²) in [4.78, 5) is 54.6. The van der Waals surface area contributed by atoms with E-state index in [4.69, 9.17) is 5.73 Å². The van der Waals surface area contributed by atoms with Gasteiger partial charge in [-0.25, -0.2) is 22.9 Å². The van der Waals surface area contributed by atoms with Crippen molar-refractivity contribution in [1.82, 2.24) is 20.2 Å². The van der Waals surface area contributed by atoms with Crippen LogP contribution >= 0.6 is 0 Å². The molecular formula is C26H25F3N6O5. The molecule has 1 unspecified atom stereocenters. The summed E-state index contributed by atoms with van der Waals surface area (Å²) in [5, 5.41) is 14.5. The molecular weight excluding hydrogens is 532 g/mol. The third kappa shape index (κ3) is 4.74. The number of benzene rings is 1. The molecule has 1 saturated carbocycles. The molecule has 5 rings (SSSR count). The number of nitrogens with zero attached hydrogens (tertiary/aromatic N) is 3. The second-order valence-corrected chi connectivity index (χ2v) is 10.1. The van der Waals surface area contributed by atoms with Crippen molar-refractivity contribution in [3.05, 3.63) is 63.7 Å². The lowest BCUT2D eigenvalue weighted by molar-refractivity contribution is -0.129. The monoisotopic (exact) mass is 557 g/mol. The lowest BCUT2D eigenvalue weighted by Crippen LogP contribution is -2.50. The summed E-state index contributed by atoms with van der Waals surface area (Å²) in [6.07, 6.45) is 0.871. The Hall–Kier alpha value is -4.46. The van der Waals surface area contributed by atoms with E-state index in [1.165, 1.54) is 13.8 Å². The molecule has 2 aromatic heterocycles. The third-order valence-corrected chi connectivity index (χ3v) is 7.28. The van der Waals surface area contributed by atoms with E-state index in [0.717, 1.165) is 29.0 Å². The van der Waals surface area contributed by atoms with Crippen LogP contribution < -0.4 is 26.7 Å². The van der Waals surface area contributed by atoms with Crippen molar-refractivity contribution in [1.29, 1.82) is 0 Å². The molecule has 1 aliphatic carbocycles. The Morgan fingerprint density at radius 1 is 1.07 bits per heavy atom. The van der Waals surface area contributed by atoms with E-state index >= 15 is 4.39 Å². The standard InChI is InChI=1S/C26H25F3N6O5/c1-10(30)24(37)31-11(2)25(38)32-20-14-7-34(8-15(14)20)23-18(29)6-13-21(36)16(26(39)40)9-35(22(13)33-23)19-4-3-12(27)5-17(19)28/h3-6,9-11,14-15,20H,7-8,30H2,1-2H3,(H,31,37)(H,32,38)(H,39,40)/t10-,11-,14-,15+,20?/m0/s1/i29-1. The van der Waals surface area contributed by atoms with Crippen molar-refractivity contribution in [3.63, 3.8) is 0 Å². The van der Waals surface area contributed by atoms with Gasteiger partial charge in [0.05, 0.1) is 17.1 Å². The van der Waals surface area contributed by atoms with Gasteiger partial charge in [-0.3, -0.25) is 19.0 Å². The normalized spacial score (nSPS) is 21.1. The van der Waals surface area contributed by atoms with Crippen LogP contribution in [0.2, 0.25) is 0 Å². The van der Waals surface area contributed by atoms with E-state index in [9.17, 15) is 33.1 Å². The molecule has 0 spiro atoms. The number of anilines is 1. The highest BCUT2D eigenvalue weighted by molar-refractivity contribution is 5.93. The van der Waals surface area contributed by atoms with Crippen LogP contribution in [0.4, 0.5) is 19.0 Å². The van der Waals surface area contributed by atoms with E-state index in [0.29, 0.717) is 19.2 Å². The van der Waals surface area contributed by atoms with E-state index in [1.807, 2.05) is 0 Å². The first-order chi connectivity index (χ1) is 18.9. The zero-order valence-electron chi connectivity index (χ0n) is 21.3. The van der Waals surface area contributed by atoms with Crippen LogP contribution in [0, 0.1) is 29.3 Å². The predicted molar refractivity (Wildman–Crippen MR) is 137 cm³/mol. The molecule has 1 aromatic carbocycles. The van der Waals surface area contributed by atoms with Gasteiger partial charge in [-0.1, -0.05) is 0 Å². The van der Waals surface area contributed by atoms with E-state index < -0.39 is 52.4 Å². The minimum absolute atomic E-state index is 0.0247. The van der Waals surface area contributed by atoms with Gasteiger partial charge in [0.1, 0.15) is 23.2 Å². The second kappa shape index (κ2) is 9.93. The lowest BCUT2D eigenvalue weighted by atomic mass is 10.1. The maximum Gasteiger partial charge on any atom is 0.341 e. The summed E-state index contributed by atoms with van der Waals surface area (Å²) in [6, 6.07) is 1.71. The lowest BCUT2D eigenvalue weighted by Gasteiger charge is -2.23. The maximum absolute atomic E-state index is 15.2. The molecule has 1 saturated heterocycles. The smallest absolute Gasteiger partial charge is 0.341 e. The first-order valence-corrected chi connectivity index (χ1v) is 12.4. The Bertz CT molecular complexity index is 1610. The number of hydrogen-bond acceptors (Lipinski definition) is 7. The zero-order valence-corrected chi connectivity index (χ0v) is 21.3. The van der Waals surface area contributed by atoms with Crippen LogP contribution in [0.5, 0.6) is 0 Å². The number of aromatic nitrogens is 2. The summed E-state index contributed by atoms with van der Waals surface area (Å²) < 4.78 is 44.5. The zero-order chi connectivity index (χ0) is 29.0. The molecule has 3 heterocycles. The Kier molecular flexibility index (Phi) is 6.74. The number of hydrogen-bond donors (Lipinski definition) is 4. The van der Waals surface area contributed by atoms with Crippen LogP contribution in [-0.4, -0.2) is 63.7 Å². The van der Waals surface area contributed by atoms with Gasteiger partial charge in [-0.2, -0.15) is 0 Å². The Morgan fingerprint density at radius 2 is 1.75 bits per heavy atom. The van der Waals surface area contributed by atoms with Gasteiger partial charge >= 0.3 is 5.97 Å². The molecule has 2 aliphatic rings. The maximum atomic E-state index is 15.2. The van der Waals surface area contributed by atoms with Crippen LogP contribution in [0.3, 0.4) is 0 Å². The van der Waals surface area contributed by atoms with Crippen molar-refractivity contribution >= 4 is 34.6 Å². The first-order valence-electron chi connectivity index (χ1n) is 12.4. The van der Waals surface area contributed by atoms with Crippen LogP contribution in [0.1, 0.15) is 24.2 Å². The molecule has 11 nitrogen and oxygen atoms in total. The van der Waals surface area contributed by atoms with Crippen molar-refractivity contribution in [2.45, 2.75) is 32.0 Å². The van der Waals surface area contributed by atoms with Crippen LogP contribution in [-0.2, 0) is 9.59 Å². The van der Waals surface area contributed by atoms with Crippen LogP contribution in [0.25, 0.3) is 16.7 Å². The number of fused-ring (bicyclic) bond motifs is 2. The minimum atomic E-state index is -1.60. The van der Waals surface area contributed by atoms with Crippen molar-refractivity contribution < 1.29 is 32.7 Å². The molecule has 0 radical (unpaired) electrons. The minimum Gasteiger partial charge on any atom is -0.477 e. The number of halogens is 3. The van der Waals surface area contributed by atoms with Gasteiger partial charge in [0, 0.05) is 43.2 Å². The highest BCUT2D eigenvalue weighted by Crippen LogP contribution is 2.47. The predicted octanol–water partition coefficient (Wildman–Crippen LogP) is 0.904. The number of amides is 2. The molecule has 1 aliphatic heterocycles. The first kappa shape index (κ1) is 27.1. The summed E-state index contributed by atoms with van der Waals surface area (Å²) in [6.45, 7) is 3.66.